The van der Waals surface area contributed by atoms with E-state index in [-0.39, 0.29) is 6.79 Å². The normalized spacial score (nSPS) is 20.9. The summed E-state index contributed by atoms with van der Waals surface area (Å²) in [6, 6.07) is 3.96. The van der Waals surface area contributed by atoms with Crippen LogP contribution in [0.2, 0.25) is 0 Å². The van der Waals surface area contributed by atoms with Gasteiger partial charge in [-0.1, -0.05) is 0 Å². The average molecular weight is 386 g/mol. The molecule has 1 spiro atoms. The van der Waals surface area contributed by atoms with Crippen molar-refractivity contribution >= 4 is 0 Å². The molecule has 2 heterocycles. The van der Waals surface area contributed by atoms with E-state index < -0.39 is 5.60 Å². The van der Waals surface area contributed by atoms with Gasteiger partial charge in [-0.3, -0.25) is 0 Å². The summed E-state index contributed by atoms with van der Waals surface area (Å²) in [5.74, 6) is 3.64. The van der Waals surface area contributed by atoms with Crippen molar-refractivity contribution in [2.45, 2.75) is 18.4 Å². The number of hydrogen-bond acceptors (Lipinski definition) is 7. The Morgan fingerprint density at radius 3 is 2.32 bits per heavy atom. The second-order valence-electron chi connectivity index (χ2n) is 6.91. The average Bonchev–Trinajstić information content (AvgIpc) is 3.45. The van der Waals surface area contributed by atoms with E-state index >= 15 is 0 Å². The summed E-state index contributed by atoms with van der Waals surface area (Å²) < 4.78 is 40.6. The third-order valence-electron chi connectivity index (χ3n) is 5.78. The molecule has 3 aliphatic rings. The summed E-state index contributed by atoms with van der Waals surface area (Å²) in [7, 11) is 6.48. The molecule has 0 aromatic heterocycles. The maximum atomic E-state index is 6.40. The highest BCUT2D eigenvalue weighted by atomic mass is 16.7. The molecule has 2 aromatic rings. The van der Waals surface area contributed by atoms with Crippen LogP contribution in [0.3, 0.4) is 0 Å². The highest BCUT2D eigenvalue weighted by Crippen LogP contribution is 2.65. The molecule has 1 aliphatic carbocycles. The van der Waals surface area contributed by atoms with Gasteiger partial charge in [-0.25, -0.2) is 0 Å². The van der Waals surface area contributed by atoms with Gasteiger partial charge in [0.05, 0.1) is 28.4 Å². The number of fused-ring (bicyclic) bond motifs is 6. The lowest BCUT2D eigenvalue weighted by molar-refractivity contribution is 0.0373. The van der Waals surface area contributed by atoms with Crippen molar-refractivity contribution in [2.24, 2.45) is 0 Å². The molecular formula is C21H22O7. The fourth-order valence-corrected chi connectivity index (χ4v) is 4.73. The first-order valence-electron chi connectivity index (χ1n) is 9.19. The molecule has 0 bridgehead atoms. The minimum atomic E-state index is -0.649. The molecule has 0 saturated carbocycles. The van der Waals surface area contributed by atoms with Gasteiger partial charge in [0.15, 0.2) is 23.0 Å². The third-order valence-corrected chi connectivity index (χ3v) is 5.78. The Bertz CT molecular complexity index is 960. The Morgan fingerprint density at radius 2 is 1.68 bits per heavy atom. The van der Waals surface area contributed by atoms with Crippen LogP contribution in [-0.4, -0.2) is 41.8 Å². The van der Waals surface area contributed by atoms with Gasteiger partial charge in [-0.15, -0.1) is 0 Å². The topological polar surface area (TPSA) is 64.6 Å². The van der Waals surface area contributed by atoms with Crippen LogP contribution in [0.1, 0.15) is 24.0 Å². The van der Waals surface area contributed by atoms with E-state index in [0.29, 0.717) is 41.1 Å². The standard InChI is InChI=1S/C21H22O7/c1-22-13-8-11-15-12(9-14-18(19(15)24-3)27-10-26-14)21(6-5-7-28-21)16(11)20(25-4)17(13)23-2/h8-9H,5-7,10H2,1-4H3. The molecule has 0 N–H and O–H groups in total. The minimum Gasteiger partial charge on any atom is -0.493 e. The smallest absolute Gasteiger partial charge is 0.231 e. The van der Waals surface area contributed by atoms with Crippen LogP contribution in [0.4, 0.5) is 0 Å². The van der Waals surface area contributed by atoms with Crippen LogP contribution in [0.25, 0.3) is 11.1 Å². The molecular weight excluding hydrogens is 364 g/mol. The molecule has 1 saturated heterocycles. The van der Waals surface area contributed by atoms with Crippen molar-refractivity contribution < 1.29 is 33.2 Å². The Kier molecular flexibility index (Phi) is 3.77. The van der Waals surface area contributed by atoms with Gasteiger partial charge in [0.2, 0.25) is 18.3 Å². The van der Waals surface area contributed by atoms with Crippen LogP contribution >= 0.6 is 0 Å². The Balaban J connectivity index is 1.92. The van der Waals surface area contributed by atoms with Gasteiger partial charge >= 0.3 is 0 Å². The van der Waals surface area contributed by atoms with Crippen LogP contribution in [0.5, 0.6) is 34.5 Å². The number of ether oxygens (including phenoxy) is 7. The van der Waals surface area contributed by atoms with Gasteiger partial charge in [-0.05, 0) is 25.0 Å². The molecule has 7 nitrogen and oxygen atoms in total. The predicted molar refractivity (Wildman–Crippen MR) is 100 cm³/mol. The number of rotatable bonds is 4. The lowest BCUT2D eigenvalue weighted by Gasteiger charge is -2.28. The molecule has 5 rings (SSSR count). The van der Waals surface area contributed by atoms with Crippen molar-refractivity contribution in [2.75, 3.05) is 41.8 Å². The Hall–Kier alpha value is -2.80. The monoisotopic (exact) mass is 386 g/mol. The molecule has 1 fully saturated rings. The zero-order valence-electron chi connectivity index (χ0n) is 16.3. The van der Waals surface area contributed by atoms with Gasteiger partial charge in [-0.2, -0.15) is 0 Å². The van der Waals surface area contributed by atoms with E-state index in [1.165, 1.54) is 0 Å². The third kappa shape index (κ3) is 1.97. The quantitative estimate of drug-likeness (QED) is 0.797. The fourth-order valence-electron chi connectivity index (χ4n) is 4.73. The molecule has 148 valence electrons. The first-order chi connectivity index (χ1) is 13.7. The molecule has 2 aliphatic heterocycles. The number of hydrogen-bond donors (Lipinski definition) is 0. The van der Waals surface area contributed by atoms with Crippen molar-refractivity contribution in [3.63, 3.8) is 0 Å². The summed E-state index contributed by atoms with van der Waals surface area (Å²) in [6.07, 6.45) is 1.76. The summed E-state index contributed by atoms with van der Waals surface area (Å²) >= 11 is 0. The second-order valence-corrected chi connectivity index (χ2v) is 6.91. The molecule has 1 atom stereocenters. The summed E-state index contributed by atoms with van der Waals surface area (Å²) in [5, 5.41) is 0. The summed E-state index contributed by atoms with van der Waals surface area (Å²) in [4.78, 5) is 0. The first-order valence-corrected chi connectivity index (χ1v) is 9.19. The highest BCUT2D eigenvalue weighted by molar-refractivity contribution is 5.92. The van der Waals surface area contributed by atoms with Crippen molar-refractivity contribution in [1.82, 2.24) is 0 Å². The zero-order valence-corrected chi connectivity index (χ0v) is 16.3. The van der Waals surface area contributed by atoms with Gasteiger partial charge in [0.25, 0.3) is 0 Å². The molecule has 7 heteroatoms. The second kappa shape index (κ2) is 6.10. The lowest BCUT2D eigenvalue weighted by atomic mass is 9.87. The van der Waals surface area contributed by atoms with Crippen molar-refractivity contribution in [3.8, 4) is 45.6 Å². The maximum Gasteiger partial charge on any atom is 0.231 e. The molecule has 0 radical (unpaired) electrons. The minimum absolute atomic E-state index is 0.171. The summed E-state index contributed by atoms with van der Waals surface area (Å²) in [6.45, 7) is 0.831. The first kappa shape index (κ1) is 17.3. The molecule has 2 aromatic carbocycles. The highest BCUT2D eigenvalue weighted by Gasteiger charge is 2.52. The van der Waals surface area contributed by atoms with Crippen LogP contribution < -0.4 is 28.4 Å². The van der Waals surface area contributed by atoms with E-state index in [2.05, 4.69) is 0 Å². The van der Waals surface area contributed by atoms with E-state index in [0.717, 1.165) is 35.1 Å². The van der Waals surface area contributed by atoms with Gasteiger partial charge in [0, 0.05) is 28.9 Å². The van der Waals surface area contributed by atoms with E-state index in [1.807, 2.05) is 12.1 Å². The van der Waals surface area contributed by atoms with Crippen molar-refractivity contribution in [1.29, 1.82) is 0 Å². The largest absolute Gasteiger partial charge is 0.493 e. The maximum absolute atomic E-state index is 6.40. The van der Waals surface area contributed by atoms with E-state index in [4.69, 9.17) is 33.2 Å². The van der Waals surface area contributed by atoms with Crippen LogP contribution in [0.15, 0.2) is 12.1 Å². The Labute approximate surface area is 163 Å². The van der Waals surface area contributed by atoms with Gasteiger partial charge in [0.1, 0.15) is 5.60 Å². The van der Waals surface area contributed by atoms with Crippen LogP contribution in [-0.2, 0) is 10.3 Å². The Morgan fingerprint density at radius 1 is 0.893 bits per heavy atom. The predicted octanol–water partition coefficient (Wildman–Crippen LogP) is 3.48. The van der Waals surface area contributed by atoms with Crippen molar-refractivity contribution in [3.05, 3.63) is 23.3 Å². The van der Waals surface area contributed by atoms with E-state index in [9.17, 15) is 0 Å². The van der Waals surface area contributed by atoms with Crippen LogP contribution in [0, 0.1) is 0 Å². The zero-order chi connectivity index (χ0) is 19.5. The summed E-state index contributed by atoms with van der Waals surface area (Å²) in [5.41, 5.74) is 3.13. The molecule has 0 amide bonds. The van der Waals surface area contributed by atoms with E-state index in [1.54, 1.807) is 28.4 Å². The van der Waals surface area contributed by atoms with Gasteiger partial charge < -0.3 is 33.2 Å². The number of methoxy groups -OCH3 is 4. The number of benzene rings is 2. The SMILES string of the molecule is COc1cc2c(c(OC)c1OC)C1(CCCO1)c1cc3c(c(OC)c1-2)OCO3. The fraction of sp³-hybridized carbons (Fsp3) is 0.429. The molecule has 28 heavy (non-hydrogen) atoms. The lowest BCUT2D eigenvalue weighted by Crippen LogP contribution is -2.24. The molecule has 1 unspecified atom stereocenters.